The molecular weight excluding hydrogens is 254 g/mol. The van der Waals surface area contributed by atoms with Crippen LogP contribution in [0.1, 0.15) is 30.6 Å². The molecular formula is C13H16ClNO3. The average Bonchev–Trinajstić information content (AvgIpc) is 2.37. The van der Waals surface area contributed by atoms with Gasteiger partial charge in [-0.15, -0.1) is 0 Å². The van der Waals surface area contributed by atoms with Gasteiger partial charge in [0.25, 0.3) is 11.7 Å². The summed E-state index contributed by atoms with van der Waals surface area (Å²) in [4.78, 5) is 23.7. The van der Waals surface area contributed by atoms with Crippen molar-refractivity contribution in [2.75, 3.05) is 7.11 Å². The van der Waals surface area contributed by atoms with E-state index in [0.717, 1.165) is 6.42 Å². The third-order valence-electron chi connectivity index (χ3n) is 2.60. The maximum absolute atomic E-state index is 12.0. The molecule has 0 spiro atoms. The Morgan fingerprint density at radius 1 is 1.44 bits per heavy atom. The standard InChI is InChI=1S/C13H16ClNO3/c1-4-8(2)15-13(17)12(16)10-7-9(14)5-6-11(10)18-3/h5-8H,4H2,1-3H3,(H,15,17). The number of carbonyl (C=O) groups excluding carboxylic acids is 2. The van der Waals surface area contributed by atoms with E-state index in [9.17, 15) is 9.59 Å². The Balaban J connectivity index is 2.96. The lowest BCUT2D eigenvalue weighted by Gasteiger charge is -2.12. The summed E-state index contributed by atoms with van der Waals surface area (Å²) in [6.45, 7) is 3.76. The molecule has 0 fully saturated rings. The molecule has 1 aromatic rings. The molecule has 0 aliphatic carbocycles. The van der Waals surface area contributed by atoms with Crippen LogP contribution < -0.4 is 10.1 Å². The highest BCUT2D eigenvalue weighted by Gasteiger charge is 2.21. The van der Waals surface area contributed by atoms with Crippen LogP contribution in [0.4, 0.5) is 0 Å². The van der Waals surface area contributed by atoms with E-state index in [1.54, 1.807) is 12.1 Å². The topological polar surface area (TPSA) is 55.4 Å². The summed E-state index contributed by atoms with van der Waals surface area (Å²) in [5, 5.41) is 3.00. The number of halogens is 1. The number of amides is 1. The maximum atomic E-state index is 12.0. The number of ether oxygens (including phenoxy) is 1. The molecule has 1 amide bonds. The van der Waals surface area contributed by atoms with Crippen LogP contribution in [0.2, 0.25) is 5.02 Å². The first-order valence-electron chi connectivity index (χ1n) is 5.68. The average molecular weight is 270 g/mol. The Hall–Kier alpha value is -1.55. The van der Waals surface area contributed by atoms with E-state index in [4.69, 9.17) is 16.3 Å². The minimum Gasteiger partial charge on any atom is -0.496 e. The zero-order valence-corrected chi connectivity index (χ0v) is 11.4. The van der Waals surface area contributed by atoms with Gasteiger partial charge in [0.2, 0.25) is 0 Å². The molecule has 98 valence electrons. The molecule has 0 aliphatic rings. The molecule has 1 aromatic carbocycles. The van der Waals surface area contributed by atoms with Crippen LogP contribution in [0, 0.1) is 0 Å². The van der Waals surface area contributed by atoms with Gasteiger partial charge in [0.05, 0.1) is 12.7 Å². The summed E-state index contributed by atoms with van der Waals surface area (Å²) in [5.74, 6) is -0.955. The maximum Gasteiger partial charge on any atom is 0.292 e. The number of Topliss-reactive ketones (excluding diaryl/α,β-unsaturated/α-hetero) is 1. The molecule has 5 heteroatoms. The molecule has 1 rings (SSSR count). The predicted octanol–water partition coefficient (Wildman–Crippen LogP) is 2.45. The molecule has 4 nitrogen and oxygen atoms in total. The van der Waals surface area contributed by atoms with Crippen molar-refractivity contribution >= 4 is 23.3 Å². The Labute approximate surface area is 111 Å². The van der Waals surface area contributed by atoms with Gasteiger partial charge in [-0.05, 0) is 31.5 Å². The van der Waals surface area contributed by atoms with Crippen LogP contribution in [0.15, 0.2) is 18.2 Å². The fraction of sp³-hybridized carbons (Fsp3) is 0.385. The lowest BCUT2D eigenvalue weighted by molar-refractivity contribution is -0.117. The fourth-order valence-corrected chi connectivity index (χ4v) is 1.54. The van der Waals surface area contributed by atoms with Gasteiger partial charge in [-0.2, -0.15) is 0 Å². The van der Waals surface area contributed by atoms with Gasteiger partial charge in [0, 0.05) is 11.1 Å². The van der Waals surface area contributed by atoms with Crippen molar-refractivity contribution in [3.63, 3.8) is 0 Å². The summed E-state index contributed by atoms with van der Waals surface area (Å²) in [5.41, 5.74) is 0.172. The largest absolute Gasteiger partial charge is 0.496 e. The second-order valence-electron chi connectivity index (χ2n) is 3.96. The SMILES string of the molecule is CCC(C)NC(=O)C(=O)c1cc(Cl)ccc1OC. The van der Waals surface area contributed by atoms with Crippen molar-refractivity contribution in [1.82, 2.24) is 5.32 Å². The molecule has 0 heterocycles. The number of methoxy groups -OCH3 is 1. The Kier molecular flexibility index (Phi) is 5.16. The molecule has 0 bridgehead atoms. The quantitative estimate of drug-likeness (QED) is 0.660. The van der Waals surface area contributed by atoms with E-state index in [-0.39, 0.29) is 11.6 Å². The van der Waals surface area contributed by atoms with Crippen molar-refractivity contribution in [2.24, 2.45) is 0 Å². The van der Waals surface area contributed by atoms with Gasteiger partial charge in [-0.25, -0.2) is 0 Å². The van der Waals surface area contributed by atoms with E-state index < -0.39 is 11.7 Å². The number of carbonyl (C=O) groups is 2. The lowest BCUT2D eigenvalue weighted by Crippen LogP contribution is -2.37. The van der Waals surface area contributed by atoms with Gasteiger partial charge in [-0.1, -0.05) is 18.5 Å². The molecule has 0 saturated heterocycles. The third-order valence-corrected chi connectivity index (χ3v) is 2.84. The zero-order valence-electron chi connectivity index (χ0n) is 10.6. The fourth-order valence-electron chi connectivity index (χ4n) is 1.37. The monoisotopic (exact) mass is 269 g/mol. The number of hydrogen-bond donors (Lipinski definition) is 1. The molecule has 1 unspecified atom stereocenters. The first-order chi connectivity index (χ1) is 8.49. The van der Waals surface area contributed by atoms with Crippen LogP contribution in [0.25, 0.3) is 0 Å². The van der Waals surface area contributed by atoms with E-state index >= 15 is 0 Å². The minimum atomic E-state index is -0.648. The Bertz CT molecular complexity index is 460. The van der Waals surface area contributed by atoms with Gasteiger partial charge in [0.1, 0.15) is 5.75 Å². The van der Waals surface area contributed by atoms with E-state index in [1.165, 1.54) is 13.2 Å². The van der Waals surface area contributed by atoms with Gasteiger partial charge < -0.3 is 10.1 Å². The Morgan fingerprint density at radius 3 is 2.67 bits per heavy atom. The van der Waals surface area contributed by atoms with Gasteiger partial charge >= 0.3 is 0 Å². The predicted molar refractivity (Wildman–Crippen MR) is 70.2 cm³/mol. The minimum absolute atomic E-state index is 0.0494. The van der Waals surface area contributed by atoms with Crippen LogP contribution in [0.5, 0.6) is 5.75 Å². The number of ketones is 1. The molecule has 0 radical (unpaired) electrons. The summed E-state index contributed by atoms with van der Waals surface area (Å²) in [7, 11) is 1.44. The molecule has 18 heavy (non-hydrogen) atoms. The van der Waals surface area contributed by atoms with Crippen LogP contribution in [-0.4, -0.2) is 24.8 Å². The molecule has 0 saturated carbocycles. The number of hydrogen-bond acceptors (Lipinski definition) is 3. The molecule has 1 N–H and O–H groups in total. The van der Waals surface area contributed by atoms with Gasteiger partial charge in [0.15, 0.2) is 0 Å². The van der Waals surface area contributed by atoms with Crippen molar-refractivity contribution in [3.05, 3.63) is 28.8 Å². The summed E-state index contributed by atoms with van der Waals surface area (Å²) in [6.07, 6.45) is 0.756. The highest BCUT2D eigenvalue weighted by Crippen LogP contribution is 2.23. The molecule has 0 aromatic heterocycles. The second-order valence-corrected chi connectivity index (χ2v) is 4.39. The van der Waals surface area contributed by atoms with E-state index in [2.05, 4.69) is 5.32 Å². The van der Waals surface area contributed by atoms with Crippen molar-refractivity contribution < 1.29 is 14.3 Å². The summed E-state index contributed by atoms with van der Waals surface area (Å²) < 4.78 is 5.04. The third kappa shape index (κ3) is 3.47. The summed E-state index contributed by atoms with van der Waals surface area (Å²) >= 11 is 5.82. The van der Waals surface area contributed by atoms with E-state index in [1.807, 2.05) is 13.8 Å². The lowest BCUT2D eigenvalue weighted by atomic mass is 10.1. The zero-order chi connectivity index (χ0) is 13.7. The van der Waals surface area contributed by atoms with Crippen molar-refractivity contribution in [1.29, 1.82) is 0 Å². The Morgan fingerprint density at radius 2 is 2.11 bits per heavy atom. The van der Waals surface area contributed by atoms with Crippen LogP contribution in [0.3, 0.4) is 0 Å². The first kappa shape index (κ1) is 14.5. The van der Waals surface area contributed by atoms with Crippen LogP contribution in [-0.2, 0) is 4.79 Å². The number of nitrogens with one attached hydrogen (secondary N) is 1. The van der Waals surface area contributed by atoms with Gasteiger partial charge in [-0.3, -0.25) is 9.59 Å². The highest BCUT2D eigenvalue weighted by atomic mass is 35.5. The summed E-state index contributed by atoms with van der Waals surface area (Å²) in [6, 6.07) is 4.54. The second kappa shape index (κ2) is 6.40. The normalized spacial score (nSPS) is 11.8. The van der Waals surface area contributed by atoms with Crippen molar-refractivity contribution in [3.8, 4) is 5.75 Å². The first-order valence-corrected chi connectivity index (χ1v) is 6.06. The smallest absolute Gasteiger partial charge is 0.292 e. The molecule has 1 atom stereocenters. The number of benzene rings is 1. The van der Waals surface area contributed by atoms with E-state index in [0.29, 0.717) is 10.8 Å². The van der Waals surface area contributed by atoms with Crippen LogP contribution >= 0.6 is 11.6 Å². The number of rotatable bonds is 5. The molecule has 0 aliphatic heterocycles. The van der Waals surface area contributed by atoms with Crippen molar-refractivity contribution in [2.45, 2.75) is 26.3 Å². The highest BCUT2D eigenvalue weighted by molar-refractivity contribution is 6.44.